The molecule has 0 saturated heterocycles. The number of benzene rings is 1. The first-order valence-electron chi connectivity index (χ1n) is 8.18. The first-order valence-corrected chi connectivity index (χ1v) is 8.18. The van der Waals surface area contributed by atoms with Crippen LogP contribution in [0.15, 0.2) is 24.3 Å². The molecule has 22 heavy (non-hydrogen) atoms. The summed E-state index contributed by atoms with van der Waals surface area (Å²) < 4.78 is 0. The molecule has 1 aromatic carbocycles. The van der Waals surface area contributed by atoms with Gasteiger partial charge in [-0.2, -0.15) is 0 Å². The molecule has 1 aromatic rings. The zero-order valence-electron chi connectivity index (χ0n) is 13.2. The molecule has 1 aliphatic rings. The van der Waals surface area contributed by atoms with Crippen molar-refractivity contribution in [3.8, 4) is 0 Å². The van der Waals surface area contributed by atoms with Crippen LogP contribution in [0.3, 0.4) is 0 Å². The first-order chi connectivity index (χ1) is 10.6. The molecule has 0 heterocycles. The summed E-state index contributed by atoms with van der Waals surface area (Å²) in [4.78, 5) is 23.3. The van der Waals surface area contributed by atoms with E-state index in [1.165, 1.54) is 6.42 Å². The quantitative estimate of drug-likeness (QED) is 0.846. The van der Waals surface area contributed by atoms with Crippen molar-refractivity contribution in [2.45, 2.75) is 51.9 Å². The van der Waals surface area contributed by atoms with Crippen molar-refractivity contribution in [2.75, 3.05) is 6.54 Å². The molecule has 0 bridgehead atoms. The summed E-state index contributed by atoms with van der Waals surface area (Å²) in [5.41, 5.74) is 1.17. The summed E-state index contributed by atoms with van der Waals surface area (Å²) in [6.07, 6.45) is 7.18. The van der Waals surface area contributed by atoms with E-state index in [0.717, 1.165) is 44.1 Å². The zero-order chi connectivity index (χ0) is 16.0. The minimum atomic E-state index is -0.915. The van der Waals surface area contributed by atoms with Gasteiger partial charge in [0.2, 0.25) is 5.91 Å². The van der Waals surface area contributed by atoms with Gasteiger partial charge < -0.3 is 10.4 Å². The highest BCUT2D eigenvalue weighted by atomic mass is 16.4. The maximum Gasteiger partial charge on any atom is 0.335 e. The average Bonchev–Trinajstić information content (AvgIpc) is 2.55. The lowest BCUT2D eigenvalue weighted by molar-refractivity contribution is -0.133. The van der Waals surface area contributed by atoms with Crippen LogP contribution < -0.4 is 5.32 Å². The number of hydrogen-bond acceptors (Lipinski definition) is 2. The van der Waals surface area contributed by atoms with Crippen molar-refractivity contribution in [2.24, 2.45) is 5.41 Å². The predicted octanol–water partition coefficient (Wildman–Crippen LogP) is 3.40. The molecule has 1 saturated carbocycles. The Hall–Kier alpha value is -1.84. The number of hydrogen-bond donors (Lipinski definition) is 2. The molecule has 4 nitrogen and oxygen atoms in total. The lowest BCUT2D eigenvalue weighted by Crippen LogP contribution is -2.42. The summed E-state index contributed by atoms with van der Waals surface area (Å²) in [6, 6.07) is 6.83. The highest BCUT2D eigenvalue weighted by Gasteiger charge is 2.37. The summed E-state index contributed by atoms with van der Waals surface area (Å²) in [5.74, 6) is -0.723. The number of aromatic carboxylic acids is 1. The van der Waals surface area contributed by atoms with Gasteiger partial charge in [0.15, 0.2) is 0 Å². The molecule has 4 heteroatoms. The van der Waals surface area contributed by atoms with Crippen LogP contribution in [0.2, 0.25) is 0 Å². The Morgan fingerprint density at radius 1 is 1.14 bits per heavy atom. The molecule has 0 atom stereocenters. The number of carbonyl (C=O) groups excluding carboxylic acids is 1. The van der Waals surface area contributed by atoms with Crippen LogP contribution in [0.25, 0.3) is 0 Å². The summed E-state index contributed by atoms with van der Waals surface area (Å²) in [7, 11) is 0. The molecule has 1 amide bonds. The minimum Gasteiger partial charge on any atom is -0.478 e. The maximum atomic E-state index is 12.5. The molecule has 120 valence electrons. The molecule has 0 aromatic heterocycles. The number of nitrogens with one attached hydrogen (secondary N) is 1. The number of carbonyl (C=O) groups is 2. The Balaban J connectivity index is 1.84. The summed E-state index contributed by atoms with van der Waals surface area (Å²) >= 11 is 0. The smallest absolute Gasteiger partial charge is 0.335 e. The Bertz CT molecular complexity index is 516. The lowest BCUT2D eigenvalue weighted by atomic mass is 9.71. The van der Waals surface area contributed by atoms with E-state index in [1.807, 2.05) is 12.1 Å². The molecule has 2 rings (SSSR count). The SMILES string of the molecule is CCC1(C(=O)NCCc2ccc(C(=O)O)cc2)CCCCC1. The molecular weight excluding hydrogens is 278 g/mol. The van der Waals surface area contributed by atoms with E-state index < -0.39 is 5.97 Å². The van der Waals surface area contributed by atoms with E-state index in [9.17, 15) is 9.59 Å². The van der Waals surface area contributed by atoms with E-state index in [2.05, 4.69) is 12.2 Å². The third-order valence-electron chi connectivity index (χ3n) is 4.87. The van der Waals surface area contributed by atoms with Crippen LogP contribution in [0.5, 0.6) is 0 Å². The number of amides is 1. The third-order valence-corrected chi connectivity index (χ3v) is 4.87. The Kier molecular flexibility index (Phi) is 5.58. The molecule has 0 aliphatic heterocycles. The van der Waals surface area contributed by atoms with Gasteiger partial charge in [0.25, 0.3) is 0 Å². The molecule has 1 aliphatic carbocycles. The fourth-order valence-corrected chi connectivity index (χ4v) is 3.29. The minimum absolute atomic E-state index is 0.161. The molecule has 0 radical (unpaired) electrons. The summed E-state index contributed by atoms with van der Waals surface area (Å²) in [5, 5.41) is 11.9. The second kappa shape index (κ2) is 7.43. The standard InChI is InChI=1S/C18H25NO3/c1-2-18(11-4-3-5-12-18)17(22)19-13-10-14-6-8-15(9-7-14)16(20)21/h6-9H,2-5,10-13H2,1H3,(H,19,22)(H,20,21). The largest absolute Gasteiger partial charge is 0.478 e. The Labute approximate surface area is 131 Å². The van der Waals surface area contributed by atoms with E-state index in [4.69, 9.17) is 5.11 Å². The van der Waals surface area contributed by atoms with Crippen LogP contribution in [-0.4, -0.2) is 23.5 Å². The van der Waals surface area contributed by atoms with Crippen LogP contribution in [-0.2, 0) is 11.2 Å². The van der Waals surface area contributed by atoms with Crippen LogP contribution in [0, 0.1) is 5.41 Å². The van der Waals surface area contributed by atoms with Crippen LogP contribution in [0.1, 0.15) is 61.4 Å². The zero-order valence-corrected chi connectivity index (χ0v) is 13.2. The normalized spacial score (nSPS) is 17.0. The monoisotopic (exact) mass is 303 g/mol. The third kappa shape index (κ3) is 3.87. The van der Waals surface area contributed by atoms with Crippen molar-refractivity contribution in [3.63, 3.8) is 0 Å². The van der Waals surface area contributed by atoms with E-state index in [-0.39, 0.29) is 11.3 Å². The van der Waals surface area contributed by atoms with Crippen LogP contribution >= 0.6 is 0 Å². The van der Waals surface area contributed by atoms with Gasteiger partial charge in [-0.15, -0.1) is 0 Å². The van der Waals surface area contributed by atoms with E-state index >= 15 is 0 Å². The van der Waals surface area contributed by atoms with Crippen molar-refractivity contribution in [3.05, 3.63) is 35.4 Å². The van der Waals surface area contributed by atoms with E-state index in [0.29, 0.717) is 12.1 Å². The van der Waals surface area contributed by atoms with Gasteiger partial charge in [0, 0.05) is 12.0 Å². The second-order valence-electron chi connectivity index (χ2n) is 6.20. The van der Waals surface area contributed by atoms with Crippen LogP contribution in [0.4, 0.5) is 0 Å². The summed E-state index contributed by atoms with van der Waals surface area (Å²) in [6.45, 7) is 2.71. The van der Waals surface area contributed by atoms with Crippen molar-refractivity contribution in [1.82, 2.24) is 5.32 Å². The average molecular weight is 303 g/mol. The fraction of sp³-hybridized carbons (Fsp3) is 0.556. The van der Waals surface area contributed by atoms with Gasteiger partial charge in [-0.05, 0) is 43.4 Å². The lowest BCUT2D eigenvalue weighted by Gasteiger charge is -2.35. The maximum absolute atomic E-state index is 12.5. The van der Waals surface area contributed by atoms with Gasteiger partial charge >= 0.3 is 5.97 Å². The van der Waals surface area contributed by atoms with Crippen molar-refractivity contribution >= 4 is 11.9 Å². The topological polar surface area (TPSA) is 66.4 Å². The fourth-order valence-electron chi connectivity index (χ4n) is 3.29. The van der Waals surface area contributed by atoms with Gasteiger partial charge in [-0.25, -0.2) is 4.79 Å². The van der Waals surface area contributed by atoms with Crippen molar-refractivity contribution < 1.29 is 14.7 Å². The molecule has 0 unspecified atom stereocenters. The number of rotatable bonds is 6. The first kappa shape index (κ1) is 16.5. The highest BCUT2D eigenvalue weighted by molar-refractivity contribution is 5.87. The molecular formula is C18H25NO3. The predicted molar refractivity (Wildman–Crippen MR) is 85.9 cm³/mol. The number of carboxylic acid groups (broad SMARTS) is 1. The van der Waals surface area contributed by atoms with Gasteiger partial charge in [0.1, 0.15) is 0 Å². The Morgan fingerprint density at radius 3 is 2.32 bits per heavy atom. The second-order valence-corrected chi connectivity index (χ2v) is 6.20. The molecule has 0 spiro atoms. The van der Waals surface area contributed by atoms with Crippen molar-refractivity contribution in [1.29, 1.82) is 0 Å². The van der Waals surface area contributed by atoms with Gasteiger partial charge in [-0.3, -0.25) is 4.79 Å². The highest BCUT2D eigenvalue weighted by Crippen LogP contribution is 2.39. The number of carboxylic acids is 1. The van der Waals surface area contributed by atoms with Gasteiger partial charge in [-0.1, -0.05) is 38.3 Å². The molecule has 2 N–H and O–H groups in total. The molecule has 1 fully saturated rings. The van der Waals surface area contributed by atoms with Gasteiger partial charge in [0.05, 0.1) is 5.56 Å². The van der Waals surface area contributed by atoms with E-state index in [1.54, 1.807) is 12.1 Å². The Morgan fingerprint density at radius 2 is 1.77 bits per heavy atom.